The number of benzene rings is 2. The first kappa shape index (κ1) is 17.8. The van der Waals surface area contributed by atoms with Crippen LogP contribution in [-0.4, -0.2) is 16.6 Å². The van der Waals surface area contributed by atoms with Gasteiger partial charge in [-0.3, -0.25) is 4.79 Å². The molecule has 0 fully saturated rings. The van der Waals surface area contributed by atoms with Gasteiger partial charge in [-0.25, -0.2) is 0 Å². The lowest BCUT2D eigenvalue weighted by atomic mass is 9.92. The SMILES string of the molecule is Cc1cc(O)c(-c2ccc(C(C)CCN)cc2)c2c1[nH]c(=O)c1sccc12. The molecule has 1 atom stereocenters. The van der Waals surface area contributed by atoms with E-state index in [9.17, 15) is 9.90 Å². The fourth-order valence-corrected chi connectivity index (χ4v) is 4.56. The van der Waals surface area contributed by atoms with Gasteiger partial charge in [0.1, 0.15) is 10.4 Å². The summed E-state index contributed by atoms with van der Waals surface area (Å²) < 4.78 is 0.682. The van der Waals surface area contributed by atoms with Crippen molar-refractivity contribution in [2.75, 3.05) is 6.54 Å². The van der Waals surface area contributed by atoms with Crippen LogP contribution in [0.5, 0.6) is 5.75 Å². The largest absolute Gasteiger partial charge is 0.507 e. The molecule has 4 N–H and O–H groups in total. The van der Waals surface area contributed by atoms with E-state index in [0.29, 0.717) is 17.2 Å². The molecular formula is C22H22N2O2S. The number of H-pyrrole nitrogens is 1. The Labute approximate surface area is 161 Å². The summed E-state index contributed by atoms with van der Waals surface area (Å²) in [6.07, 6.45) is 0.939. The number of nitrogens with two attached hydrogens (primary N) is 1. The zero-order chi connectivity index (χ0) is 19.1. The van der Waals surface area contributed by atoms with E-state index in [2.05, 4.69) is 24.0 Å². The Morgan fingerprint density at radius 3 is 2.67 bits per heavy atom. The van der Waals surface area contributed by atoms with Crippen molar-refractivity contribution in [3.63, 3.8) is 0 Å². The summed E-state index contributed by atoms with van der Waals surface area (Å²) in [5, 5.41) is 14.5. The van der Waals surface area contributed by atoms with Crippen molar-refractivity contribution in [3.8, 4) is 16.9 Å². The second kappa shape index (κ2) is 6.83. The van der Waals surface area contributed by atoms with E-state index >= 15 is 0 Å². The number of aromatic nitrogens is 1. The van der Waals surface area contributed by atoms with Gasteiger partial charge in [-0.05, 0) is 60.0 Å². The Bertz CT molecular complexity index is 1190. The molecule has 0 aliphatic rings. The van der Waals surface area contributed by atoms with Gasteiger partial charge in [0.25, 0.3) is 5.56 Å². The average molecular weight is 378 g/mol. The second-order valence-electron chi connectivity index (χ2n) is 7.06. The Morgan fingerprint density at radius 1 is 1.22 bits per heavy atom. The summed E-state index contributed by atoms with van der Waals surface area (Å²) in [6.45, 7) is 4.73. The molecule has 1 unspecified atom stereocenters. The first-order valence-electron chi connectivity index (χ1n) is 9.07. The van der Waals surface area contributed by atoms with Gasteiger partial charge in [0.15, 0.2) is 0 Å². The number of nitrogens with one attached hydrogen (secondary N) is 1. The molecular weight excluding hydrogens is 356 g/mol. The third kappa shape index (κ3) is 2.93. The van der Waals surface area contributed by atoms with E-state index in [0.717, 1.165) is 39.4 Å². The summed E-state index contributed by atoms with van der Waals surface area (Å²) in [5.41, 5.74) is 10.1. The highest BCUT2D eigenvalue weighted by atomic mass is 32.1. The quantitative estimate of drug-likeness (QED) is 0.474. The number of thiophene rings is 1. The third-order valence-electron chi connectivity index (χ3n) is 5.25. The van der Waals surface area contributed by atoms with Gasteiger partial charge in [-0.1, -0.05) is 31.2 Å². The maximum absolute atomic E-state index is 12.4. The van der Waals surface area contributed by atoms with Gasteiger partial charge in [0, 0.05) is 16.3 Å². The number of phenolic OH excluding ortho intramolecular Hbond substituents is 1. The van der Waals surface area contributed by atoms with Crippen LogP contribution in [0, 0.1) is 6.92 Å². The van der Waals surface area contributed by atoms with E-state index in [4.69, 9.17) is 5.73 Å². The van der Waals surface area contributed by atoms with Crippen LogP contribution in [0.2, 0.25) is 0 Å². The van der Waals surface area contributed by atoms with Crippen LogP contribution in [0.1, 0.15) is 30.4 Å². The molecule has 0 bridgehead atoms. The molecule has 4 nitrogen and oxygen atoms in total. The molecule has 138 valence electrons. The highest BCUT2D eigenvalue weighted by molar-refractivity contribution is 7.17. The second-order valence-corrected chi connectivity index (χ2v) is 7.97. The van der Waals surface area contributed by atoms with Gasteiger partial charge in [0.05, 0.1) is 5.52 Å². The molecule has 27 heavy (non-hydrogen) atoms. The monoisotopic (exact) mass is 378 g/mol. The normalized spacial score (nSPS) is 12.7. The molecule has 0 aliphatic carbocycles. The lowest BCUT2D eigenvalue weighted by Gasteiger charge is -2.15. The van der Waals surface area contributed by atoms with E-state index in [1.165, 1.54) is 16.9 Å². The topological polar surface area (TPSA) is 79.1 Å². The molecule has 2 aromatic heterocycles. The fourth-order valence-electron chi connectivity index (χ4n) is 3.77. The number of pyridine rings is 1. The summed E-state index contributed by atoms with van der Waals surface area (Å²) >= 11 is 1.42. The van der Waals surface area contributed by atoms with Gasteiger partial charge in [-0.15, -0.1) is 11.3 Å². The van der Waals surface area contributed by atoms with E-state index in [1.54, 1.807) is 6.07 Å². The molecule has 0 spiro atoms. The molecule has 0 saturated carbocycles. The van der Waals surface area contributed by atoms with Crippen molar-refractivity contribution in [2.24, 2.45) is 5.73 Å². The van der Waals surface area contributed by atoms with E-state index in [1.807, 2.05) is 30.5 Å². The highest BCUT2D eigenvalue weighted by Gasteiger charge is 2.17. The number of aromatic hydroxyl groups is 1. The molecule has 4 rings (SSSR count). The maximum Gasteiger partial charge on any atom is 0.266 e. The molecule has 0 aliphatic heterocycles. The number of rotatable bonds is 4. The first-order chi connectivity index (χ1) is 13.0. The predicted molar refractivity (Wildman–Crippen MR) is 114 cm³/mol. The Kier molecular flexibility index (Phi) is 4.50. The molecule has 0 radical (unpaired) electrons. The van der Waals surface area contributed by atoms with Gasteiger partial charge >= 0.3 is 0 Å². The van der Waals surface area contributed by atoms with Crippen molar-refractivity contribution in [1.29, 1.82) is 0 Å². The third-order valence-corrected chi connectivity index (χ3v) is 6.16. The molecule has 2 heterocycles. The smallest absolute Gasteiger partial charge is 0.266 e. The summed E-state index contributed by atoms with van der Waals surface area (Å²) in [6, 6.07) is 11.9. The van der Waals surface area contributed by atoms with Crippen molar-refractivity contribution in [2.45, 2.75) is 26.2 Å². The van der Waals surface area contributed by atoms with Crippen LogP contribution < -0.4 is 11.3 Å². The molecule has 0 amide bonds. The van der Waals surface area contributed by atoms with Crippen LogP contribution in [0.3, 0.4) is 0 Å². The minimum atomic E-state index is -0.0850. The van der Waals surface area contributed by atoms with E-state index < -0.39 is 0 Å². The van der Waals surface area contributed by atoms with Gasteiger partial charge in [-0.2, -0.15) is 0 Å². The van der Waals surface area contributed by atoms with Crippen LogP contribution in [0.15, 0.2) is 46.6 Å². The van der Waals surface area contributed by atoms with Crippen molar-refractivity contribution < 1.29 is 5.11 Å². The van der Waals surface area contributed by atoms with E-state index in [-0.39, 0.29) is 11.3 Å². The standard InChI is InChI=1S/C22H22N2O2S/c1-12(7-9-23)14-3-5-15(6-4-14)18-17(25)11-13(2)20-19(18)16-8-10-27-21(16)22(26)24-20/h3-6,8,10-12,25H,7,9,23H2,1-2H3,(H,24,26). The fraction of sp³-hybridized carbons (Fsp3) is 0.227. The number of fused-ring (bicyclic) bond motifs is 3. The van der Waals surface area contributed by atoms with Crippen LogP contribution in [-0.2, 0) is 0 Å². The lowest BCUT2D eigenvalue weighted by molar-refractivity contribution is 0.477. The lowest BCUT2D eigenvalue weighted by Crippen LogP contribution is -2.06. The van der Waals surface area contributed by atoms with Gasteiger partial charge in [0.2, 0.25) is 0 Å². The molecule has 4 aromatic rings. The number of aromatic amines is 1. The zero-order valence-corrected chi connectivity index (χ0v) is 16.2. The summed E-state index contributed by atoms with van der Waals surface area (Å²) in [4.78, 5) is 15.4. The van der Waals surface area contributed by atoms with Gasteiger partial charge < -0.3 is 15.8 Å². The average Bonchev–Trinajstić information content (AvgIpc) is 3.14. The van der Waals surface area contributed by atoms with Crippen LogP contribution in [0.25, 0.3) is 32.1 Å². The minimum Gasteiger partial charge on any atom is -0.507 e. The zero-order valence-electron chi connectivity index (χ0n) is 15.4. The van der Waals surface area contributed by atoms with Crippen molar-refractivity contribution in [3.05, 3.63) is 63.3 Å². The number of hydrogen-bond acceptors (Lipinski definition) is 4. The highest BCUT2D eigenvalue weighted by Crippen LogP contribution is 2.41. The Hall–Kier alpha value is -2.63. The van der Waals surface area contributed by atoms with Crippen LogP contribution in [0.4, 0.5) is 0 Å². The Morgan fingerprint density at radius 2 is 1.96 bits per heavy atom. The maximum atomic E-state index is 12.4. The van der Waals surface area contributed by atoms with Crippen molar-refractivity contribution >= 4 is 32.3 Å². The Balaban J connectivity index is 1.99. The number of hydrogen-bond donors (Lipinski definition) is 3. The minimum absolute atomic E-state index is 0.0850. The predicted octanol–water partition coefficient (Wildman–Crippen LogP) is 4.88. The number of phenols is 1. The molecule has 5 heteroatoms. The van der Waals surface area contributed by atoms with Crippen LogP contribution >= 0.6 is 11.3 Å². The summed E-state index contributed by atoms with van der Waals surface area (Å²) in [7, 11) is 0. The molecule has 0 saturated heterocycles. The van der Waals surface area contributed by atoms with Crippen molar-refractivity contribution in [1.82, 2.24) is 4.98 Å². The first-order valence-corrected chi connectivity index (χ1v) is 9.95. The molecule has 2 aromatic carbocycles. The number of aryl methyl sites for hydroxylation is 1. The summed E-state index contributed by atoms with van der Waals surface area (Å²) in [5.74, 6) is 0.620.